The quantitative estimate of drug-likeness (QED) is 0.733. The molecule has 0 radical (unpaired) electrons. The fourth-order valence-corrected chi connectivity index (χ4v) is 7.08. The Bertz CT molecular complexity index is 771. The number of thiophene rings is 1. The third kappa shape index (κ3) is 3.14. The van der Waals surface area contributed by atoms with E-state index in [1.54, 1.807) is 17.7 Å². The van der Waals surface area contributed by atoms with Gasteiger partial charge in [0.05, 0.1) is 0 Å². The van der Waals surface area contributed by atoms with Crippen molar-refractivity contribution in [2.24, 2.45) is 5.41 Å². The minimum Gasteiger partial charge on any atom is -0.316 e. The third-order valence-electron chi connectivity index (χ3n) is 7.94. The largest absolute Gasteiger partial charge is 0.316 e. The Morgan fingerprint density at radius 1 is 0.964 bits per heavy atom. The predicted octanol–water partition coefficient (Wildman–Crippen LogP) is 5.52. The lowest BCUT2D eigenvalue weighted by Crippen LogP contribution is -2.53. The lowest BCUT2D eigenvalue weighted by Gasteiger charge is -2.52. The topological polar surface area (TPSA) is 15.3 Å². The van der Waals surface area contributed by atoms with Gasteiger partial charge in [0.1, 0.15) is 5.82 Å². The highest BCUT2D eigenvalue weighted by Gasteiger charge is 2.49. The highest BCUT2D eigenvalue weighted by Crippen LogP contribution is 2.51. The maximum Gasteiger partial charge on any atom is 0.123 e. The number of hydrogen-bond acceptors (Lipinski definition) is 3. The first-order valence-corrected chi connectivity index (χ1v) is 11.9. The molecule has 1 unspecified atom stereocenters. The third-order valence-corrected chi connectivity index (χ3v) is 8.62. The van der Waals surface area contributed by atoms with Crippen molar-refractivity contribution in [3.05, 3.63) is 58.0 Å². The van der Waals surface area contributed by atoms with Crippen LogP contribution in [0.25, 0.3) is 0 Å². The minimum absolute atomic E-state index is 0.131. The maximum atomic E-state index is 13.4. The summed E-state index contributed by atoms with van der Waals surface area (Å²) in [6, 6.07) is 9.65. The minimum atomic E-state index is -0.131. The molecule has 3 heterocycles. The van der Waals surface area contributed by atoms with E-state index in [1.165, 1.54) is 63.6 Å². The molecule has 0 bridgehead atoms. The predicted molar refractivity (Wildman–Crippen MR) is 114 cm³/mol. The van der Waals surface area contributed by atoms with Gasteiger partial charge in [-0.1, -0.05) is 31.4 Å². The van der Waals surface area contributed by atoms with Crippen molar-refractivity contribution in [2.45, 2.75) is 56.4 Å². The Morgan fingerprint density at radius 2 is 1.71 bits per heavy atom. The zero-order valence-electron chi connectivity index (χ0n) is 16.6. The van der Waals surface area contributed by atoms with Gasteiger partial charge in [0, 0.05) is 24.5 Å². The van der Waals surface area contributed by atoms with Crippen LogP contribution in [0.4, 0.5) is 4.39 Å². The Balaban J connectivity index is 1.37. The molecule has 2 aliphatic heterocycles. The second-order valence-electron chi connectivity index (χ2n) is 9.19. The SMILES string of the molecule is Fc1ccc(C2CNCC23CCN(C2(c4ccsc4)CCCCC2)CC3)cc1. The summed E-state index contributed by atoms with van der Waals surface area (Å²) >= 11 is 1.85. The maximum absolute atomic E-state index is 13.4. The molecule has 1 saturated carbocycles. The zero-order valence-corrected chi connectivity index (χ0v) is 17.4. The van der Waals surface area contributed by atoms with Gasteiger partial charge in [0.25, 0.3) is 0 Å². The summed E-state index contributed by atoms with van der Waals surface area (Å²) in [5.74, 6) is 0.382. The van der Waals surface area contributed by atoms with Crippen LogP contribution in [0.1, 0.15) is 62.0 Å². The van der Waals surface area contributed by atoms with E-state index in [1.807, 2.05) is 23.5 Å². The fraction of sp³-hybridized carbons (Fsp3) is 0.583. The van der Waals surface area contributed by atoms with Crippen molar-refractivity contribution < 1.29 is 4.39 Å². The van der Waals surface area contributed by atoms with Crippen LogP contribution in [0.2, 0.25) is 0 Å². The Morgan fingerprint density at radius 3 is 2.39 bits per heavy atom. The molecule has 1 aromatic carbocycles. The lowest BCUT2D eigenvalue weighted by molar-refractivity contribution is -0.00795. The van der Waals surface area contributed by atoms with Crippen LogP contribution in [-0.2, 0) is 5.54 Å². The lowest BCUT2D eigenvalue weighted by atomic mass is 9.66. The molecule has 3 fully saturated rings. The molecule has 1 atom stereocenters. The average molecular weight is 399 g/mol. The number of likely N-dealkylation sites (tertiary alicyclic amines) is 1. The van der Waals surface area contributed by atoms with Crippen LogP contribution >= 0.6 is 11.3 Å². The van der Waals surface area contributed by atoms with Gasteiger partial charge in [-0.2, -0.15) is 11.3 Å². The second kappa shape index (κ2) is 7.55. The smallest absolute Gasteiger partial charge is 0.123 e. The van der Waals surface area contributed by atoms with Crippen molar-refractivity contribution in [3.8, 4) is 0 Å². The number of benzene rings is 1. The van der Waals surface area contributed by atoms with Crippen molar-refractivity contribution >= 4 is 11.3 Å². The molecule has 1 aliphatic carbocycles. The molecule has 2 aromatic rings. The van der Waals surface area contributed by atoms with Crippen molar-refractivity contribution in [1.29, 1.82) is 0 Å². The van der Waals surface area contributed by atoms with E-state index in [-0.39, 0.29) is 11.4 Å². The van der Waals surface area contributed by atoms with Crippen LogP contribution in [0.5, 0.6) is 0 Å². The molecule has 0 amide bonds. The molecule has 5 rings (SSSR count). The number of halogens is 1. The van der Waals surface area contributed by atoms with E-state index in [4.69, 9.17) is 0 Å². The monoisotopic (exact) mass is 398 g/mol. The van der Waals surface area contributed by atoms with Crippen LogP contribution in [0, 0.1) is 11.2 Å². The average Bonchev–Trinajstić information content (AvgIpc) is 3.41. The van der Waals surface area contributed by atoms with Crippen LogP contribution in [-0.4, -0.2) is 31.1 Å². The van der Waals surface area contributed by atoms with E-state index in [9.17, 15) is 4.39 Å². The first kappa shape index (κ1) is 18.8. The van der Waals surface area contributed by atoms with E-state index in [0.29, 0.717) is 11.3 Å². The number of nitrogens with one attached hydrogen (secondary N) is 1. The number of piperidine rings is 1. The highest BCUT2D eigenvalue weighted by atomic mass is 32.1. The second-order valence-corrected chi connectivity index (χ2v) is 9.97. The molecule has 2 nitrogen and oxygen atoms in total. The van der Waals surface area contributed by atoms with Crippen LogP contribution in [0.15, 0.2) is 41.1 Å². The Kier molecular flexibility index (Phi) is 5.06. The van der Waals surface area contributed by atoms with Crippen LogP contribution < -0.4 is 5.32 Å². The van der Waals surface area contributed by atoms with Gasteiger partial charge in [-0.3, -0.25) is 4.90 Å². The molecule has 2 saturated heterocycles. The summed E-state index contributed by atoms with van der Waals surface area (Å²) in [4.78, 5) is 2.83. The highest BCUT2D eigenvalue weighted by molar-refractivity contribution is 7.08. The number of nitrogens with zero attached hydrogens (tertiary/aromatic N) is 1. The van der Waals surface area contributed by atoms with Gasteiger partial charge in [0.2, 0.25) is 0 Å². The summed E-state index contributed by atoms with van der Waals surface area (Å²) < 4.78 is 13.4. The molecule has 1 spiro atoms. The molecule has 150 valence electrons. The fourth-order valence-electron chi connectivity index (χ4n) is 6.33. The number of rotatable bonds is 3. The van der Waals surface area contributed by atoms with Gasteiger partial charge in [-0.05, 0) is 84.3 Å². The standard InChI is InChI=1S/C24H31FN2S/c25-21-6-4-19(5-7-21)22-16-26-18-23(22)11-13-27(14-12-23)24(9-2-1-3-10-24)20-8-15-28-17-20/h4-8,15,17,22,26H,1-3,9-14,16,18H2. The van der Waals surface area contributed by atoms with Gasteiger partial charge < -0.3 is 5.32 Å². The van der Waals surface area contributed by atoms with Crippen LogP contribution in [0.3, 0.4) is 0 Å². The molecule has 3 aliphatic rings. The van der Waals surface area contributed by atoms with Gasteiger partial charge in [0.15, 0.2) is 0 Å². The Labute approximate surface area is 172 Å². The van der Waals surface area contributed by atoms with E-state index in [0.717, 1.165) is 13.1 Å². The molecular formula is C24H31FN2S. The van der Waals surface area contributed by atoms with Gasteiger partial charge in [-0.15, -0.1) is 0 Å². The molecule has 1 aromatic heterocycles. The summed E-state index contributed by atoms with van der Waals surface area (Å²) in [7, 11) is 0. The van der Waals surface area contributed by atoms with Gasteiger partial charge in [-0.25, -0.2) is 4.39 Å². The van der Waals surface area contributed by atoms with Crippen molar-refractivity contribution in [3.63, 3.8) is 0 Å². The molecule has 1 N–H and O–H groups in total. The van der Waals surface area contributed by atoms with Crippen molar-refractivity contribution in [2.75, 3.05) is 26.2 Å². The van der Waals surface area contributed by atoms with E-state index in [2.05, 4.69) is 27.0 Å². The normalized spacial score (nSPS) is 27.2. The summed E-state index contributed by atoms with van der Waals surface area (Å²) in [5, 5.41) is 8.32. The Hall–Kier alpha value is -1.23. The summed E-state index contributed by atoms with van der Waals surface area (Å²) in [6.45, 7) is 4.51. The first-order valence-electron chi connectivity index (χ1n) is 11.0. The molecular weight excluding hydrogens is 367 g/mol. The number of hydrogen-bond donors (Lipinski definition) is 1. The van der Waals surface area contributed by atoms with E-state index < -0.39 is 0 Å². The zero-order chi connectivity index (χ0) is 19.0. The summed E-state index contributed by atoms with van der Waals surface area (Å²) in [5.41, 5.74) is 3.48. The summed E-state index contributed by atoms with van der Waals surface area (Å²) in [6.07, 6.45) is 9.23. The molecule has 4 heteroatoms. The van der Waals surface area contributed by atoms with Gasteiger partial charge >= 0.3 is 0 Å². The van der Waals surface area contributed by atoms with Crippen molar-refractivity contribution in [1.82, 2.24) is 10.2 Å². The molecule has 28 heavy (non-hydrogen) atoms. The first-order chi connectivity index (χ1) is 13.7. The van der Waals surface area contributed by atoms with E-state index >= 15 is 0 Å².